The molecule has 2 aromatic rings. The first-order chi connectivity index (χ1) is 11.5. The van der Waals surface area contributed by atoms with Gasteiger partial charge >= 0.3 is 0 Å². The molecule has 1 saturated heterocycles. The first-order valence-electron chi connectivity index (χ1n) is 7.60. The standard InChI is InChI=1S/C16H17F2N3O2S/c17-14-5-4-13(9-15(14)18)24(22,23)20-11-12-3-6-16(19-10-12)21-7-1-2-8-21/h3-6,9-10,20H,1-2,7-8,11H2. The van der Waals surface area contributed by atoms with Gasteiger partial charge in [-0.25, -0.2) is 26.9 Å². The molecule has 128 valence electrons. The normalized spacial score (nSPS) is 15.0. The van der Waals surface area contributed by atoms with Crippen LogP contribution in [0.1, 0.15) is 18.4 Å². The molecule has 8 heteroatoms. The average molecular weight is 353 g/mol. The van der Waals surface area contributed by atoms with E-state index in [1.807, 2.05) is 6.07 Å². The van der Waals surface area contributed by atoms with E-state index in [1.54, 1.807) is 12.3 Å². The molecule has 1 aromatic heterocycles. The van der Waals surface area contributed by atoms with Crippen LogP contribution in [0.3, 0.4) is 0 Å². The summed E-state index contributed by atoms with van der Waals surface area (Å²) in [6, 6.07) is 6.12. The third-order valence-corrected chi connectivity index (χ3v) is 5.31. The Morgan fingerprint density at radius 3 is 2.46 bits per heavy atom. The minimum Gasteiger partial charge on any atom is -0.357 e. The zero-order valence-electron chi connectivity index (χ0n) is 12.9. The molecule has 0 unspecified atom stereocenters. The average Bonchev–Trinajstić information content (AvgIpc) is 3.10. The number of rotatable bonds is 5. The monoisotopic (exact) mass is 353 g/mol. The molecular weight excluding hydrogens is 336 g/mol. The Morgan fingerprint density at radius 2 is 1.83 bits per heavy atom. The molecule has 2 heterocycles. The Bertz CT molecular complexity index is 820. The van der Waals surface area contributed by atoms with Gasteiger partial charge in [0.2, 0.25) is 10.0 Å². The van der Waals surface area contributed by atoms with Crippen molar-refractivity contribution in [3.63, 3.8) is 0 Å². The van der Waals surface area contributed by atoms with E-state index < -0.39 is 21.7 Å². The molecule has 5 nitrogen and oxygen atoms in total. The number of sulfonamides is 1. The van der Waals surface area contributed by atoms with Gasteiger partial charge in [-0.05, 0) is 42.7 Å². The summed E-state index contributed by atoms with van der Waals surface area (Å²) in [6.07, 6.45) is 3.91. The predicted octanol–water partition coefficient (Wildman–Crippen LogP) is 2.44. The number of benzene rings is 1. The third kappa shape index (κ3) is 3.70. The number of anilines is 1. The molecule has 0 bridgehead atoms. The molecular formula is C16H17F2N3O2S. The maximum absolute atomic E-state index is 13.2. The molecule has 0 spiro atoms. The van der Waals surface area contributed by atoms with Gasteiger partial charge in [0, 0.05) is 25.8 Å². The largest absolute Gasteiger partial charge is 0.357 e. The fraction of sp³-hybridized carbons (Fsp3) is 0.312. The highest BCUT2D eigenvalue weighted by atomic mass is 32.2. The number of hydrogen-bond donors (Lipinski definition) is 1. The summed E-state index contributed by atoms with van der Waals surface area (Å²) >= 11 is 0. The molecule has 0 amide bonds. The van der Waals surface area contributed by atoms with Gasteiger partial charge in [0.05, 0.1) is 4.90 Å². The fourth-order valence-electron chi connectivity index (χ4n) is 2.56. The molecule has 0 radical (unpaired) electrons. The van der Waals surface area contributed by atoms with Crippen LogP contribution in [0.25, 0.3) is 0 Å². The van der Waals surface area contributed by atoms with Crippen molar-refractivity contribution in [3.8, 4) is 0 Å². The lowest BCUT2D eigenvalue weighted by Crippen LogP contribution is -2.24. The lowest BCUT2D eigenvalue weighted by molar-refractivity contribution is 0.504. The van der Waals surface area contributed by atoms with Gasteiger partial charge in [0.1, 0.15) is 5.82 Å². The van der Waals surface area contributed by atoms with Crippen molar-refractivity contribution in [3.05, 3.63) is 53.7 Å². The molecule has 1 aliphatic heterocycles. The Kier molecular flexibility index (Phi) is 4.77. The van der Waals surface area contributed by atoms with E-state index in [0.29, 0.717) is 11.6 Å². The van der Waals surface area contributed by atoms with Crippen molar-refractivity contribution < 1.29 is 17.2 Å². The summed E-state index contributed by atoms with van der Waals surface area (Å²) in [5, 5.41) is 0. The van der Waals surface area contributed by atoms with Crippen molar-refractivity contribution in [2.75, 3.05) is 18.0 Å². The highest BCUT2D eigenvalue weighted by Gasteiger charge is 2.17. The van der Waals surface area contributed by atoms with Gasteiger partial charge in [-0.2, -0.15) is 0 Å². The molecule has 0 atom stereocenters. The summed E-state index contributed by atoms with van der Waals surface area (Å²) in [4.78, 5) is 6.20. The zero-order valence-corrected chi connectivity index (χ0v) is 13.7. The van der Waals surface area contributed by atoms with Crippen molar-refractivity contribution in [2.45, 2.75) is 24.3 Å². The second-order valence-electron chi connectivity index (χ2n) is 5.62. The molecule has 24 heavy (non-hydrogen) atoms. The van der Waals surface area contributed by atoms with Crippen LogP contribution < -0.4 is 9.62 Å². The molecule has 1 aliphatic rings. The quantitative estimate of drug-likeness (QED) is 0.897. The van der Waals surface area contributed by atoms with Crippen LogP contribution in [0.4, 0.5) is 14.6 Å². The van der Waals surface area contributed by atoms with Crippen molar-refractivity contribution in [2.24, 2.45) is 0 Å². The topological polar surface area (TPSA) is 62.3 Å². The number of pyridine rings is 1. The van der Waals surface area contributed by atoms with Gasteiger partial charge in [-0.3, -0.25) is 0 Å². The van der Waals surface area contributed by atoms with Crippen LogP contribution in [-0.2, 0) is 16.6 Å². The van der Waals surface area contributed by atoms with Crippen LogP contribution >= 0.6 is 0 Å². The Morgan fingerprint density at radius 1 is 1.08 bits per heavy atom. The summed E-state index contributed by atoms with van der Waals surface area (Å²) in [5.74, 6) is -1.41. The van der Waals surface area contributed by atoms with E-state index in [2.05, 4.69) is 14.6 Å². The van der Waals surface area contributed by atoms with E-state index in [0.717, 1.165) is 43.9 Å². The Hall–Kier alpha value is -2.06. The molecule has 0 saturated carbocycles. The maximum atomic E-state index is 13.2. The summed E-state index contributed by atoms with van der Waals surface area (Å²) in [7, 11) is -3.92. The van der Waals surface area contributed by atoms with E-state index in [4.69, 9.17) is 0 Å². The van der Waals surface area contributed by atoms with Crippen LogP contribution in [-0.4, -0.2) is 26.5 Å². The van der Waals surface area contributed by atoms with E-state index >= 15 is 0 Å². The minimum atomic E-state index is -3.92. The van der Waals surface area contributed by atoms with Crippen LogP contribution in [0.2, 0.25) is 0 Å². The lowest BCUT2D eigenvalue weighted by Gasteiger charge is -2.16. The molecule has 1 fully saturated rings. The predicted molar refractivity (Wildman–Crippen MR) is 86.1 cm³/mol. The first-order valence-corrected chi connectivity index (χ1v) is 9.09. The number of nitrogens with zero attached hydrogens (tertiary/aromatic N) is 2. The molecule has 1 N–H and O–H groups in total. The van der Waals surface area contributed by atoms with E-state index in [9.17, 15) is 17.2 Å². The van der Waals surface area contributed by atoms with Crippen molar-refractivity contribution in [1.82, 2.24) is 9.71 Å². The number of halogens is 2. The van der Waals surface area contributed by atoms with Crippen molar-refractivity contribution >= 4 is 15.8 Å². The zero-order chi connectivity index (χ0) is 17.2. The Labute approximate surface area is 139 Å². The smallest absolute Gasteiger partial charge is 0.240 e. The summed E-state index contributed by atoms with van der Waals surface area (Å²) < 4.78 is 52.7. The third-order valence-electron chi connectivity index (χ3n) is 3.91. The summed E-state index contributed by atoms with van der Waals surface area (Å²) in [5.41, 5.74) is 0.684. The van der Waals surface area contributed by atoms with E-state index in [-0.39, 0.29) is 11.4 Å². The lowest BCUT2D eigenvalue weighted by atomic mass is 10.3. The van der Waals surface area contributed by atoms with E-state index in [1.165, 1.54) is 0 Å². The SMILES string of the molecule is O=S(=O)(NCc1ccc(N2CCCC2)nc1)c1ccc(F)c(F)c1. The number of aromatic nitrogens is 1. The highest BCUT2D eigenvalue weighted by molar-refractivity contribution is 7.89. The van der Waals surface area contributed by atoms with Gasteiger partial charge in [0.15, 0.2) is 11.6 Å². The Balaban J connectivity index is 1.66. The molecule has 3 rings (SSSR count). The maximum Gasteiger partial charge on any atom is 0.240 e. The van der Waals surface area contributed by atoms with Crippen LogP contribution in [0.15, 0.2) is 41.4 Å². The van der Waals surface area contributed by atoms with Gasteiger partial charge in [-0.15, -0.1) is 0 Å². The van der Waals surface area contributed by atoms with Gasteiger partial charge < -0.3 is 4.90 Å². The second kappa shape index (κ2) is 6.82. The summed E-state index contributed by atoms with van der Waals surface area (Å²) in [6.45, 7) is 1.98. The number of nitrogens with one attached hydrogen (secondary N) is 1. The highest BCUT2D eigenvalue weighted by Crippen LogP contribution is 2.18. The minimum absolute atomic E-state index is 0.0224. The van der Waals surface area contributed by atoms with Gasteiger partial charge in [0.25, 0.3) is 0 Å². The van der Waals surface area contributed by atoms with Crippen LogP contribution in [0, 0.1) is 11.6 Å². The first kappa shape index (κ1) is 16.8. The van der Waals surface area contributed by atoms with Crippen LogP contribution in [0.5, 0.6) is 0 Å². The fourth-order valence-corrected chi connectivity index (χ4v) is 3.59. The van der Waals surface area contributed by atoms with Gasteiger partial charge in [-0.1, -0.05) is 6.07 Å². The van der Waals surface area contributed by atoms with Crippen molar-refractivity contribution in [1.29, 1.82) is 0 Å². The molecule has 0 aliphatic carbocycles. The second-order valence-corrected chi connectivity index (χ2v) is 7.39. The molecule has 1 aromatic carbocycles. The number of hydrogen-bond acceptors (Lipinski definition) is 4.